The summed E-state index contributed by atoms with van der Waals surface area (Å²) in [5, 5.41) is 0. The Hall–Kier alpha value is -2.20. The number of carbonyl (C=O) groups is 1. The number of Topliss-reactive ketones (excluding diaryl/α,β-unsaturated/α-hetero) is 1. The fraction of sp³-hybridized carbons (Fsp3) is 0.478. The highest BCUT2D eigenvalue weighted by molar-refractivity contribution is 5.99. The first kappa shape index (κ1) is 18.2. The molecular weight excluding hydrogens is 336 g/mol. The first-order valence-electron chi connectivity index (χ1n) is 10.0. The van der Waals surface area contributed by atoms with Gasteiger partial charge in [-0.15, -0.1) is 0 Å². The molecule has 2 aliphatic rings. The Kier molecular flexibility index (Phi) is 5.26. The molecule has 3 heterocycles. The molecule has 4 heteroatoms. The Morgan fingerprint density at radius 3 is 2.44 bits per heavy atom. The van der Waals surface area contributed by atoms with Crippen molar-refractivity contribution in [2.24, 2.45) is 5.92 Å². The number of fused-ring (bicyclic) bond motifs is 2. The van der Waals surface area contributed by atoms with Gasteiger partial charge in [0.05, 0.1) is 12.8 Å². The van der Waals surface area contributed by atoms with Gasteiger partial charge in [0.2, 0.25) is 5.88 Å². The minimum atomic E-state index is 0.112. The number of piperidine rings is 2. The number of ketones is 1. The summed E-state index contributed by atoms with van der Waals surface area (Å²) in [7, 11) is 1.60. The monoisotopic (exact) mass is 364 g/mol. The van der Waals surface area contributed by atoms with Crippen LogP contribution in [-0.2, 0) is 6.54 Å². The number of nitrogens with zero attached hydrogens (tertiary/aromatic N) is 2. The summed E-state index contributed by atoms with van der Waals surface area (Å²) in [5.41, 5.74) is 2.90. The van der Waals surface area contributed by atoms with Crippen LogP contribution in [0.15, 0.2) is 42.5 Å². The van der Waals surface area contributed by atoms with Crippen molar-refractivity contribution < 1.29 is 9.53 Å². The Morgan fingerprint density at radius 2 is 1.81 bits per heavy atom. The SMILES string of the molecule is COc1ccc(C(=O)C2CC3CCCC(C2)N3Cc2ccccc2)c(C)n1. The van der Waals surface area contributed by atoms with E-state index in [4.69, 9.17) is 4.74 Å². The molecule has 2 aliphatic heterocycles. The second-order valence-electron chi connectivity index (χ2n) is 7.92. The number of carbonyl (C=O) groups excluding carboxylic acids is 1. The quantitative estimate of drug-likeness (QED) is 0.737. The number of aromatic nitrogens is 1. The zero-order chi connectivity index (χ0) is 18.8. The molecule has 27 heavy (non-hydrogen) atoms. The van der Waals surface area contributed by atoms with Crippen LogP contribution in [0.3, 0.4) is 0 Å². The lowest BCUT2D eigenvalue weighted by atomic mass is 9.75. The van der Waals surface area contributed by atoms with Crippen molar-refractivity contribution in [3.05, 3.63) is 59.3 Å². The van der Waals surface area contributed by atoms with E-state index in [1.54, 1.807) is 13.2 Å². The number of aryl methyl sites for hydroxylation is 1. The molecule has 0 spiro atoms. The second kappa shape index (κ2) is 7.81. The van der Waals surface area contributed by atoms with E-state index < -0.39 is 0 Å². The molecule has 4 rings (SSSR count). The van der Waals surface area contributed by atoms with E-state index in [1.807, 2.05) is 13.0 Å². The Bertz CT molecular complexity index is 791. The third-order valence-corrected chi connectivity index (χ3v) is 6.24. The highest BCUT2D eigenvalue weighted by Crippen LogP contribution is 2.39. The average molecular weight is 364 g/mol. The van der Waals surface area contributed by atoms with Gasteiger partial charge in [0.15, 0.2) is 5.78 Å². The first-order valence-corrected chi connectivity index (χ1v) is 10.0. The van der Waals surface area contributed by atoms with Crippen molar-refractivity contribution in [2.75, 3.05) is 7.11 Å². The molecule has 0 aliphatic carbocycles. The van der Waals surface area contributed by atoms with Crippen molar-refractivity contribution in [2.45, 2.75) is 57.7 Å². The lowest BCUT2D eigenvalue weighted by Gasteiger charge is -2.48. The number of methoxy groups -OCH3 is 1. The lowest BCUT2D eigenvalue weighted by Crippen LogP contribution is -2.52. The molecule has 4 nitrogen and oxygen atoms in total. The fourth-order valence-electron chi connectivity index (χ4n) is 4.88. The number of hydrogen-bond donors (Lipinski definition) is 0. The van der Waals surface area contributed by atoms with Crippen molar-refractivity contribution in [1.82, 2.24) is 9.88 Å². The highest BCUT2D eigenvalue weighted by atomic mass is 16.5. The number of pyridine rings is 1. The van der Waals surface area contributed by atoms with Gasteiger partial charge in [0.1, 0.15) is 0 Å². The molecule has 2 bridgehead atoms. The zero-order valence-corrected chi connectivity index (χ0v) is 16.2. The predicted octanol–water partition coefficient (Wildman–Crippen LogP) is 4.41. The molecule has 0 radical (unpaired) electrons. The van der Waals surface area contributed by atoms with Crippen LogP contribution in [0.2, 0.25) is 0 Å². The van der Waals surface area contributed by atoms with Crippen LogP contribution in [0.5, 0.6) is 5.88 Å². The lowest BCUT2D eigenvalue weighted by molar-refractivity contribution is 0.00903. The third kappa shape index (κ3) is 3.77. The van der Waals surface area contributed by atoms with Crippen molar-refractivity contribution in [3.63, 3.8) is 0 Å². The first-order chi connectivity index (χ1) is 13.2. The molecule has 0 amide bonds. The molecule has 1 aromatic carbocycles. The maximum atomic E-state index is 13.2. The van der Waals surface area contributed by atoms with Gasteiger partial charge in [-0.25, -0.2) is 4.98 Å². The van der Waals surface area contributed by atoms with Gasteiger partial charge >= 0.3 is 0 Å². The van der Waals surface area contributed by atoms with Crippen molar-refractivity contribution in [1.29, 1.82) is 0 Å². The molecule has 2 aromatic rings. The smallest absolute Gasteiger partial charge is 0.213 e. The number of hydrogen-bond acceptors (Lipinski definition) is 4. The van der Waals surface area contributed by atoms with Gasteiger partial charge in [-0.05, 0) is 44.2 Å². The standard InChI is InChI=1S/C23H28N2O2/c1-16-21(11-12-22(24-16)27-2)23(26)18-13-19-9-6-10-20(14-18)25(19)15-17-7-4-3-5-8-17/h3-5,7-8,11-12,18-20H,6,9-10,13-15H2,1-2H3. The summed E-state index contributed by atoms with van der Waals surface area (Å²) in [4.78, 5) is 20.3. The largest absolute Gasteiger partial charge is 0.481 e. The van der Waals surface area contributed by atoms with E-state index in [-0.39, 0.29) is 11.7 Å². The Morgan fingerprint density at radius 1 is 1.11 bits per heavy atom. The van der Waals surface area contributed by atoms with E-state index in [0.717, 1.165) is 30.6 Å². The molecule has 0 saturated carbocycles. The Labute approximate surface area is 161 Å². The van der Waals surface area contributed by atoms with Crippen LogP contribution in [0.4, 0.5) is 0 Å². The fourth-order valence-corrected chi connectivity index (χ4v) is 4.88. The van der Waals surface area contributed by atoms with Gasteiger partial charge in [-0.3, -0.25) is 9.69 Å². The Balaban J connectivity index is 1.50. The molecule has 2 fully saturated rings. The van der Waals surface area contributed by atoms with E-state index in [1.165, 1.54) is 24.8 Å². The van der Waals surface area contributed by atoms with Gasteiger partial charge in [-0.1, -0.05) is 36.8 Å². The van der Waals surface area contributed by atoms with Gasteiger partial charge < -0.3 is 4.74 Å². The number of ether oxygens (including phenoxy) is 1. The van der Waals surface area contributed by atoms with E-state index in [0.29, 0.717) is 18.0 Å². The summed E-state index contributed by atoms with van der Waals surface area (Å²) in [6, 6.07) is 15.4. The minimum Gasteiger partial charge on any atom is -0.481 e. The maximum absolute atomic E-state index is 13.2. The number of benzene rings is 1. The highest BCUT2D eigenvalue weighted by Gasteiger charge is 2.40. The molecule has 2 atom stereocenters. The predicted molar refractivity (Wildman–Crippen MR) is 106 cm³/mol. The van der Waals surface area contributed by atoms with Crippen LogP contribution >= 0.6 is 0 Å². The van der Waals surface area contributed by atoms with Crippen LogP contribution in [0.25, 0.3) is 0 Å². The molecule has 0 N–H and O–H groups in total. The summed E-state index contributed by atoms with van der Waals surface area (Å²) in [5.74, 6) is 0.943. The normalized spacial score (nSPS) is 25.2. The summed E-state index contributed by atoms with van der Waals surface area (Å²) in [6.45, 7) is 2.90. The summed E-state index contributed by atoms with van der Waals surface area (Å²) >= 11 is 0. The topological polar surface area (TPSA) is 42.4 Å². The van der Waals surface area contributed by atoms with E-state index in [9.17, 15) is 4.79 Å². The zero-order valence-electron chi connectivity index (χ0n) is 16.2. The molecule has 1 aromatic heterocycles. The molecule has 2 saturated heterocycles. The van der Waals surface area contributed by atoms with Gasteiger partial charge in [0.25, 0.3) is 0 Å². The van der Waals surface area contributed by atoms with Crippen molar-refractivity contribution >= 4 is 5.78 Å². The third-order valence-electron chi connectivity index (χ3n) is 6.24. The molecule has 142 valence electrons. The molecular formula is C23H28N2O2. The van der Waals surface area contributed by atoms with Gasteiger partial charge in [-0.2, -0.15) is 0 Å². The van der Waals surface area contributed by atoms with E-state index in [2.05, 4.69) is 40.2 Å². The van der Waals surface area contributed by atoms with E-state index >= 15 is 0 Å². The molecule has 2 unspecified atom stereocenters. The number of rotatable bonds is 5. The summed E-state index contributed by atoms with van der Waals surface area (Å²) in [6.07, 6.45) is 5.62. The second-order valence-corrected chi connectivity index (χ2v) is 7.92. The average Bonchev–Trinajstić information content (AvgIpc) is 2.68. The van der Waals surface area contributed by atoms with Crippen molar-refractivity contribution in [3.8, 4) is 5.88 Å². The minimum absolute atomic E-state index is 0.112. The van der Waals surface area contributed by atoms with Gasteiger partial charge in [0, 0.05) is 36.2 Å². The van der Waals surface area contributed by atoms with Crippen LogP contribution < -0.4 is 4.74 Å². The van der Waals surface area contributed by atoms with Crippen LogP contribution in [-0.4, -0.2) is 34.9 Å². The maximum Gasteiger partial charge on any atom is 0.213 e. The van der Waals surface area contributed by atoms with Crippen LogP contribution in [0, 0.1) is 12.8 Å². The van der Waals surface area contributed by atoms with Crippen LogP contribution in [0.1, 0.15) is 53.7 Å². The summed E-state index contributed by atoms with van der Waals surface area (Å²) < 4.78 is 5.18.